The Labute approximate surface area is 134 Å². The number of fused-ring (bicyclic) bond motifs is 1. The molecular formula is C16H19N7. The average Bonchev–Trinajstić information content (AvgIpc) is 2.96. The summed E-state index contributed by atoms with van der Waals surface area (Å²) in [5.41, 5.74) is 2.07. The van der Waals surface area contributed by atoms with Crippen LogP contribution in [0.5, 0.6) is 0 Å². The highest BCUT2D eigenvalue weighted by Crippen LogP contribution is 2.22. The molecule has 0 saturated carbocycles. The van der Waals surface area contributed by atoms with Crippen molar-refractivity contribution in [3.05, 3.63) is 42.7 Å². The lowest BCUT2D eigenvalue weighted by Gasteiger charge is -2.41. The zero-order valence-corrected chi connectivity index (χ0v) is 13.3. The normalized spacial score (nSPS) is 18.6. The molecular weight excluding hydrogens is 290 g/mol. The minimum absolute atomic E-state index is 0.406. The van der Waals surface area contributed by atoms with Crippen LogP contribution in [0.4, 0.5) is 11.5 Å². The van der Waals surface area contributed by atoms with Gasteiger partial charge in [0.25, 0.3) is 0 Å². The number of aryl methyl sites for hydroxylation is 1. The molecule has 0 aromatic carbocycles. The minimum atomic E-state index is 0.406. The summed E-state index contributed by atoms with van der Waals surface area (Å²) in [6, 6.07) is 6.54. The molecule has 0 bridgehead atoms. The first kappa shape index (κ1) is 13.9. The van der Waals surface area contributed by atoms with Gasteiger partial charge in [-0.05, 0) is 26.0 Å². The number of aromatic nitrogens is 5. The lowest BCUT2D eigenvalue weighted by Crippen LogP contribution is -2.52. The Kier molecular flexibility index (Phi) is 3.33. The topological polar surface area (TPSA) is 62.5 Å². The maximum absolute atomic E-state index is 4.58. The second-order valence-corrected chi connectivity index (χ2v) is 5.92. The van der Waals surface area contributed by atoms with Gasteiger partial charge >= 0.3 is 0 Å². The van der Waals surface area contributed by atoms with Crippen LogP contribution in [-0.2, 0) is 0 Å². The van der Waals surface area contributed by atoms with Crippen LogP contribution >= 0.6 is 0 Å². The fourth-order valence-electron chi connectivity index (χ4n) is 3.15. The van der Waals surface area contributed by atoms with Gasteiger partial charge in [0.05, 0.1) is 0 Å². The summed E-state index contributed by atoms with van der Waals surface area (Å²) >= 11 is 0. The van der Waals surface area contributed by atoms with Gasteiger partial charge in [0, 0.05) is 49.8 Å². The Morgan fingerprint density at radius 1 is 1.13 bits per heavy atom. The van der Waals surface area contributed by atoms with Crippen molar-refractivity contribution in [1.29, 1.82) is 0 Å². The zero-order valence-electron chi connectivity index (χ0n) is 13.3. The van der Waals surface area contributed by atoms with Gasteiger partial charge in [0.2, 0.25) is 0 Å². The van der Waals surface area contributed by atoms with Gasteiger partial charge in [-0.15, -0.1) is 10.2 Å². The van der Waals surface area contributed by atoms with Crippen LogP contribution in [0.15, 0.2) is 36.9 Å². The average molecular weight is 309 g/mol. The van der Waals surface area contributed by atoms with Gasteiger partial charge in [-0.2, -0.15) is 0 Å². The molecule has 118 valence electrons. The molecule has 3 aromatic rings. The molecule has 1 unspecified atom stereocenters. The van der Waals surface area contributed by atoms with Crippen LogP contribution in [0, 0.1) is 6.92 Å². The van der Waals surface area contributed by atoms with Crippen molar-refractivity contribution in [1.82, 2.24) is 24.6 Å². The van der Waals surface area contributed by atoms with Crippen molar-refractivity contribution in [3.63, 3.8) is 0 Å². The fraction of sp³-hybridized carbons (Fsp3) is 0.375. The summed E-state index contributed by atoms with van der Waals surface area (Å²) in [7, 11) is 0. The highest BCUT2D eigenvalue weighted by Gasteiger charge is 2.25. The van der Waals surface area contributed by atoms with Crippen molar-refractivity contribution in [3.8, 4) is 0 Å². The largest absolute Gasteiger partial charge is 0.365 e. The van der Waals surface area contributed by atoms with Crippen LogP contribution in [-0.4, -0.2) is 50.2 Å². The first-order chi connectivity index (χ1) is 11.2. The Morgan fingerprint density at radius 2 is 1.96 bits per heavy atom. The third kappa shape index (κ3) is 2.48. The van der Waals surface area contributed by atoms with Crippen LogP contribution in [0.3, 0.4) is 0 Å². The molecule has 1 saturated heterocycles. The predicted octanol–water partition coefficient (Wildman–Crippen LogP) is 1.54. The molecule has 1 aliphatic rings. The minimum Gasteiger partial charge on any atom is -0.365 e. The smallest absolute Gasteiger partial charge is 0.165 e. The first-order valence-electron chi connectivity index (χ1n) is 7.81. The monoisotopic (exact) mass is 309 g/mol. The van der Waals surface area contributed by atoms with E-state index < -0.39 is 0 Å². The fourth-order valence-corrected chi connectivity index (χ4v) is 3.15. The van der Waals surface area contributed by atoms with Crippen molar-refractivity contribution >= 4 is 17.2 Å². The van der Waals surface area contributed by atoms with Crippen molar-refractivity contribution < 1.29 is 0 Å². The molecule has 7 nitrogen and oxygen atoms in total. The van der Waals surface area contributed by atoms with E-state index in [4.69, 9.17) is 0 Å². The van der Waals surface area contributed by atoms with Gasteiger partial charge < -0.3 is 9.80 Å². The quantitative estimate of drug-likeness (QED) is 0.715. The molecule has 0 aliphatic carbocycles. The second kappa shape index (κ2) is 5.49. The van der Waals surface area contributed by atoms with E-state index in [9.17, 15) is 0 Å². The summed E-state index contributed by atoms with van der Waals surface area (Å²) in [6.07, 6.45) is 5.50. The molecule has 3 aromatic heterocycles. The van der Waals surface area contributed by atoms with Gasteiger partial charge in [0.15, 0.2) is 5.65 Å². The van der Waals surface area contributed by atoms with Gasteiger partial charge in [-0.3, -0.25) is 9.38 Å². The Morgan fingerprint density at radius 3 is 2.74 bits per heavy atom. The number of piperazine rings is 1. The Bertz CT molecular complexity index is 814. The number of hydrogen-bond donors (Lipinski definition) is 0. The standard InChI is InChI=1S/C16H19N7/c1-12-10-21(7-8-22(12)14-3-5-17-6-4-14)15-9-16-20-19-13(2)23(16)11-18-15/h3-6,9,11-12H,7-8,10H2,1-2H3. The van der Waals surface area contributed by atoms with Crippen LogP contribution < -0.4 is 9.80 Å². The van der Waals surface area contributed by atoms with Crippen LogP contribution in [0.25, 0.3) is 5.65 Å². The molecule has 1 aliphatic heterocycles. The summed E-state index contributed by atoms with van der Waals surface area (Å²) in [4.78, 5) is 13.4. The summed E-state index contributed by atoms with van der Waals surface area (Å²) in [5, 5.41) is 8.27. The molecule has 4 rings (SSSR count). The number of rotatable bonds is 2. The van der Waals surface area contributed by atoms with E-state index in [0.29, 0.717) is 6.04 Å². The molecule has 0 N–H and O–H groups in total. The van der Waals surface area contributed by atoms with E-state index >= 15 is 0 Å². The summed E-state index contributed by atoms with van der Waals surface area (Å²) in [5.74, 6) is 1.82. The molecule has 23 heavy (non-hydrogen) atoms. The van der Waals surface area contributed by atoms with Gasteiger partial charge in [-0.1, -0.05) is 0 Å². The number of pyridine rings is 1. The second-order valence-electron chi connectivity index (χ2n) is 5.92. The maximum atomic E-state index is 4.58. The number of anilines is 2. The van der Waals surface area contributed by atoms with E-state index in [1.165, 1.54) is 5.69 Å². The van der Waals surface area contributed by atoms with Crippen LogP contribution in [0.2, 0.25) is 0 Å². The first-order valence-corrected chi connectivity index (χ1v) is 7.81. The zero-order chi connectivity index (χ0) is 15.8. The lowest BCUT2D eigenvalue weighted by molar-refractivity contribution is 0.547. The summed E-state index contributed by atoms with van der Waals surface area (Å²) in [6.45, 7) is 6.99. The Hall–Kier alpha value is -2.70. The highest BCUT2D eigenvalue weighted by atomic mass is 15.3. The molecule has 4 heterocycles. The third-order valence-corrected chi connectivity index (χ3v) is 4.40. The van der Waals surface area contributed by atoms with Crippen molar-refractivity contribution in [2.45, 2.75) is 19.9 Å². The lowest BCUT2D eigenvalue weighted by atomic mass is 10.1. The van der Waals surface area contributed by atoms with Gasteiger partial charge in [-0.25, -0.2) is 4.98 Å². The van der Waals surface area contributed by atoms with E-state index in [2.05, 4.69) is 49.0 Å². The molecule has 7 heteroatoms. The number of nitrogens with zero attached hydrogens (tertiary/aromatic N) is 7. The van der Waals surface area contributed by atoms with E-state index in [0.717, 1.165) is 36.9 Å². The van der Waals surface area contributed by atoms with Crippen molar-refractivity contribution in [2.75, 3.05) is 29.4 Å². The molecule has 1 atom stereocenters. The van der Waals surface area contributed by atoms with Crippen molar-refractivity contribution in [2.24, 2.45) is 0 Å². The van der Waals surface area contributed by atoms with E-state index in [1.807, 2.05) is 29.8 Å². The van der Waals surface area contributed by atoms with E-state index in [1.54, 1.807) is 6.33 Å². The maximum Gasteiger partial charge on any atom is 0.165 e. The molecule has 0 spiro atoms. The molecule has 0 amide bonds. The van der Waals surface area contributed by atoms with Crippen LogP contribution in [0.1, 0.15) is 12.7 Å². The molecule has 1 fully saturated rings. The summed E-state index contributed by atoms with van der Waals surface area (Å²) < 4.78 is 1.90. The van der Waals surface area contributed by atoms with E-state index in [-0.39, 0.29) is 0 Å². The Balaban J connectivity index is 1.55. The van der Waals surface area contributed by atoms with Gasteiger partial charge in [0.1, 0.15) is 18.0 Å². The SMILES string of the molecule is Cc1nnc2cc(N3CCN(c4ccncc4)C(C)C3)ncn12. The highest BCUT2D eigenvalue weighted by molar-refractivity contribution is 5.53. The third-order valence-electron chi connectivity index (χ3n) is 4.40. The predicted molar refractivity (Wildman–Crippen MR) is 88.8 cm³/mol. The number of hydrogen-bond acceptors (Lipinski definition) is 6. The molecule has 0 radical (unpaired) electrons.